The average Bonchev–Trinajstić information content (AvgIpc) is 2.22. The first-order valence-corrected chi connectivity index (χ1v) is 7.16. The first-order valence-electron chi connectivity index (χ1n) is 5.10. The molecule has 3 N–H and O–H groups in total. The van der Waals surface area contributed by atoms with Crippen LogP contribution >= 0.6 is 0 Å². The van der Waals surface area contributed by atoms with Crippen LogP contribution in [0.25, 0.3) is 0 Å². The van der Waals surface area contributed by atoms with Crippen molar-refractivity contribution in [1.29, 1.82) is 0 Å². The molecule has 0 aliphatic carbocycles. The Kier molecular flexibility index (Phi) is 7.00. The van der Waals surface area contributed by atoms with Crippen LogP contribution in [0, 0.1) is 12.3 Å². The van der Waals surface area contributed by atoms with Gasteiger partial charge in [0.2, 0.25) is 5.91 Å². The van der Waals surface area contributed by atoms with Crippen LogP contribution in [0.5, 0.6) is 0 Å². The third kappa shape index (κ3) is 8.55. The molecule has 0 heterocycles. The van der Waals surface area contributed by atoms with E-state index in [0.717, 1.165) is 6.26 Å². The number of carboxylic acid groups (broad SMARTS) is 1. The number of terminal acetylenes is 1. The van der Waals surface area contributed by atoms with Gasteiger partial charge in [-0.2, -0.15) is 0 Å². The van der Waals surface area contributed by atoms with Gasteiger partial charge in [0.1, 0.15) is 15.9 Å². The lowest BCUT2D eigenvalue weighted by Crippen LogP contribution is -2.45. The number of carboxylic acids is 1. The quantitative estimate of drug-likeness (QED) is 0.357. The second-order valence-corrected chi connectivity index (χ2v) is 5.94. The maximum atomic E-state index is 11.3. The summed E-state index contributed by atoms with van der Waals surface area (Å²) >= 11 is 0. The van der Waals surface area contributed by atoms with Crippen LogP contribution in [0.1, 0.15) is 6.42 Å². The van der Waals surface area contributed by atoms with Crippen LogP contribution in [0.15, 0.2) is 0 Å². The minimum atomic E-state index is -3.27. The summed E-state index contributed by atoms with van der Waals surface area (Å²) in [7, 11) is -3.27. The molecule has 102 valence electrons. The van der Waals surface area contributed by atoms with Crippen molar-refractivity contribution in [2.45, 2.75) is 12.5 Å². The van der Waals surface area contributed by atoms with Crippen LogP contribution in [0.3, 0.4) is 0 Å². The van der Waals surface area contributed by atoms with Crippen LogP contribution < -0.4 is 10.6 Å². The van der Waals surface area contributed by atoms with Gasteiger partial charge in [-0.15, -0.1) is 6.42 Å². The Hall–Kier alpha value is -1.59. The molecule has 18 heavy (non-hydrogen) atoms. The Morgan fingerprint density at radius 2 is 2.06 bits per heavy atom. The highest BCUT2D eigenvalue weighted by Crippen LogP contribution is 1.97. The molecule has 0 rings (SSSR count). The van der Waals surface area contributed by atoms with Crippen molar-refractivity contribution >= 4 is 21.7 Å². The molecule has 0 fully saturated rings. The number of sulfone groups is 1. The van der Waals surface area contributed by atoms with Gasteiger partial charge in [-0.05, 0) is 6.42 Å². The van der Waals surface area contributed by atoms with Crippen LogP contribution in [0.2, 0.25) is 0 Å². The summed E-state index contributed by atoms with van der Waals surface area (Å²) in [5.41, 5.74) is 0. The van der Waals surface area contributed by atoms with Gasteiger partial charge in [-0.1, -0.05) is 5.92 Å². The predicted molar refractivity (Wildman–Crippen MR) is 65.6 cm³/mol. The summed E-state index contributed by atoms with van der Waals surface area (Å²) in [5, 5.41) is 13.6. The standard InChI is InChI=1S/C10H16N2O5S/c1-3-5-11-7-9(13)12-8(10(14)15)4-6-18(2,16)17/h1,8,11H,4-7H2,2H3,(H,12,13)(H,14,15). The van der Waals surface area contributed by atoms with Gasteiger partial charge in [-0.3, -0.25) is 10.1 Å². The van der Waals surface area contributed by atoms with Crippen molar-refractivity contribution in [2.75, 3.05) is 25.1 Å². The van der Waals surface area contributed by atoms with Crippen molar-refractivity contribution in [3.05, 3.63) is 0 Å². The Labute approximate surface area is 106 Å². The predicted octanol–water partition coefficient (Wildman–Crippen LogP) is -1.79. The van der Waals surface area contributed by atoms with E-state index in [9.17, 15) is 18.0 Å². The summed E-state index contributed by atoms with van der Waals surface area (Å²) in [5.74, 6) is 0.130. The topological polar surface area (TPSA) is 113 Å². The summed E-state index contributed by atoms with van der Waals surface area (Å²) < 4.78 is 21.8. The summed E-state index contributed by atoms with van der Waals surface area (Å²) in [6.07, 6.45) is 5.79. The molecule has 0 aromatic rings. The molecule has 0 saturated heterocycles. The molecule has 0 spiro atoms. The maximum Gasteiger partial charge on any atom is 0.326 e. The smallest absolute Gasteiger partial charge is 0.326 e. The SMILES string of the molecule is C#CCNCC(=O)NC(CCS(C)(=O)=O)C(=O)O. The largest absolute Gasteiger partial charge is 0.480 e. The van der Waals surface area contributed by atoms with E-state index < -0.39 is 27.8 Å². The van der Waals surface area contributed by atoms with Crippen LogP contribution in [0.4, 0.5) is 0 Å². The number of aliphatic carboxylic acids is 1. The lowest BCUT2D eigenvalue weighted by molar-refractivity contribution is -0.141. The molecule has 0 aromatic heterocycles. The normalized spacial score (nSPS) is 12.4. The molecule has 1 atom stereocenters. The third-order valence-corrected chi connectivity index (χ3v) is 2.90. The van der Waals surface area contributed by atoms with E-state index in [2.05, 4.69) is 16.6 Å². The number of nitrogens with one attached hydrogen (secondary N) is 2. The first kappa shape index (κ1) is 16.4. The molecule has 0 aliphatic heterocycles. The Morgan fingerprint density at radius 1 is 1.44 bits per heavy atom. The van der Waals surface area contributed by atoms with Gasteiger partial charge >= 0.3 is 5.97 Å². The third-order valence-electron chi connectivity index (χ3n) is 1.92. The van der Waals surface area contributed by atoms with Crippen LogP contribution in [-0.2, 0) is 19.4 Å². The zero-order valence-electron chi connectivity index (χ0n) is 9.97. The zero-order valence-corrected chi connectivity index (χ0v) is 10.8. The number of hydrogen-bond donors (Lipinski definition) is 3. The second kappa shape index (κ2) is 7.68. The fourth-order valence-corrected chi connectivity index (χ4v) is 1.75. The van der Waals surface area contributed by atoms with Gasteiger partial charge in [0.05, 0.1) is 18.8 Å². The summed E-state index contributed by atoms with van der Waals surface area (Å²) in [6, 6.07) is -1.22. The molecule has 0 bridgehead atoms. The van der Waals surface area contributed by atoms with Gasteiger partial charge in [0.25, 0.3) is 0 Å². The molecule has 0 radical (unpaired) electrons. The Morgan fingerprint density at radius 3 is 2.50 bits per heavy atom. The minimum absolute atomic E-state index is 0.118. The molecule has 8 heteroatoms. The van der Waals surface area contributed by atoms with E-state index in [-0.39, 0.29) is 25.3 Å². The number of hydrogen-bond acceptors (Lipinski definition) is 5. The number of amides is 1. The fourth-order valence-electron chi connectivity index (χ4n) is 1.08. The highest BCUT2D eigenvalue weighted by atomic mass is 32.2. The van der Waals surface area contributed by atoms with Crippen molar-refractivity contribution in [2.24, 2.45) is 0 Å². The summed E-state index contributed by atoms with van der Waals surface area (Å²) in [6.45, 7) is 0.0708. The Balaban J connectivity index is 4.24. The van der Waals surface area contributed by atoms with E-state index in [1.165, 1.54) is 0 Å². The minimum Gasteiger partial charge on any atom is -0.480 e. The fraction of sp³-hybridized carbons (Fsp3) is 0.600. The average molecular weight is 276 g/mol. The number of carbonyl (C=O) groups excluding carboxylic acids is 1. The van der Waals surface area contributed by atoms with Gasteiger partial charge < -0.3 is 10.4 Å². The van der Waals surface area contributed by atoms with E-state index >= 15 is 0 Å². The molecule has 1 unspecified atom stereocenters. The molecular formula is C10H16N2O5S. The lowest BCUT2D eigenvalue weighted by atomic mass is 10.2. The molecule has 0 saturated carbocycles. The number of rotatable bonds is 8. The Bertz CT molecular complexity index is 438. The van der Waals surface area contributed by atoms with Gasteiger partial charge in [0, 0.05) is 6.26 Å². The molecule has 1 amide bonds. The molecule has 7 nitrogen and oxygen atoms in total. The zero-order chi connectivity index (χ0) is 14.2. The van der Waals surface area contributed by atoms with Gasteiger partial charge in [0.15, 0.2) is 0 Å². The lowest BCUT2D eigenvalue weighted by Gasteiger charge is -2.13. The highest BCUT2D eigenvalue weighted by molar-refractivity contribution is 7.90. The van der Waals surface area contributed by atoms with Crippen molar-refractivity contribution in [1.82, 2.24) is 10.6 Å². The van der Waals surface area contributed by atoms with E-state index in [1.54, 1.807) is 0 Å². The van der Waals surface area contributed by atoms with E-state index in [1.807, 2.05) is 0 Å². The molecule has 0 aliphatic rings. The van der Waals surface area contributed by atoms with Crippen molar-refractivity contribution in [3.8, 4) is 12.3 Å². The van der Waals surface area contributed by atoms with Crippen LogP contribution in [-0.4, -0.2) is 56.5 Å². The van der Waals surface area contributed by atoms with Crippen molar-refractivity contribution < 1.29 is 23.1 Å². The monoisotopic (exact) mass is 276 g/mol. The second-order valence-electron chi connectivity index (χ2n) is 3.68. The van der Waals surface area contributed by atoms with Gasteiger partial charge in [-0.25, -0.2) is 13.2 Å². The molecule has 0 aromatic carbocycles. The van der Waals surface area contributed by atoms with Crippen molar-refractivity contribution in [3.63, 3.8) is 0 Å². The molecular weight excluding hydrogens is 260 g/mol. The maximum absolute atomic E-state index is 11.3. The van der Waals surface area contributed by atoms with E-state index in [0.29, 0.717) is 0 Å². The van der Waals surface area contributed by atoms with E-state index in [4.69, 9.17) is 11.5 Å². The first-order chi connectivity index (χ1) is 8.26. The number of carbonyl (C=O) groups is 2. The summed E-state index contributed by atoms with van der Waals surface area (Å²) in [4.78, 5) is 22.1. The highest BCUT2D eigenvalue weighted by Gasteiger charge is 2.21.